The van der Waals surface area contributed by atoms with E-state index in [9.17, 15) is 9.90 Å². The van der Waals surface area contributed by atoms with Gasteiger partial charge in [-0.05, 0) is 63.0 Å². The Morgan fingerprint density at radius 1 is 1.04 bits per heavy atom. The van der Waals surface area contributed by atoms with Gasteiger partial charge in [-0.25, -0.2) is 0 Å². The molecule has 1 amide bonds. The number of aliphatic hydroxyl groups excluding tert-OH is 1. The smallest absolute Gasteiger partial charge is 0.248 e. The van der Waals surface area contributed by atoms with Crippen molar-refractivity contribution in [3.8, 4) is 5.75 Å². The van der Waals surface area contributed by atoms with Crippen LogP contribution in [-0.4, -0.2) is 49.3 Å². The average molecular weight is 370 g/mol. The van der Waals surface area contributed by atoms with Crippen molar-refractivity contribution in [1.29, 1.82) is 0 Å². The number of likely N-dealkylation sites (N-methyl/N-ethyl adjacent to an activating group) is 1. The molecule has 0 saturated heterocycles. The van der Waals surface area contributed by atoms with Crippen molar-refractivity contribution < 1.29 is 14.6 Å². The summed E-state index contributed by atoms with van der Waals surface area (Å²) in [6, 6.07) is 15.5. The molecule has 0 aliphatic carbocycles. The first-order valence-electron chi connectivity index (χ1n) is 9.38. The second-order valence-corrected chi connectivity index (χ2v) is 7.06. The molecule has 3 N–H and O–H groups in total. The number of hydrogen-bond donors (Lipinski definition) is 2. The first-order valence-corrected chi connectivity index (χ1v) is 9.38. The lowest BCUT2D eigenvalue weighted by Gasteiger charge is -2.18. The third kappa shape index (κ3) is 7.04. The highest BCUT2D eigenvalue weighted by Gasteiger charge is 2.10. The summed E-state index contributed by atoms with van der Waals surface area (Å²) in [5, 5.41) is 9.98. The molecule has 0 bridgehead atoms. The normalized spacial score (nSPS) is 12.1. The number of para-hydroxylation sites is 1. The highest BCUT2D eigenvalue weighted by Crippen LogP contribution is 2.21. The van der Waals surface area contributed by atoms with Gasteiger partial charge in [-0.2, -0.15) is 0 Å². The van der Waals surface area contributed by atoms with Gasteiger partial charge in [0, 0.05) is 12.1 Å². The number of aryl methyl sites for hydroxylation is 2. The summed E-state index contributed by atoms with van der Waals surface area (Å²) in [5.41, 5.74) is 8.18. The third-order valence-corrected chi connectivity index (χ3v) is 4.40. The predicted octanol–water partition coefficient (Wildman–Crippen LogP) is 2.65. The SMILES string of the molecule is CN(C)CC(O)COc1ccccc1CCCCc1ccccc1C(N)=O. The number of hydrogen-bond acceptors (Lipinski definition) is 4. The van der Waals surface area contributed by atoms with E-state index in [1.54, 1.807) is 6.07 Å². The second-order valence-electron chi connectivity index (χ2n) is 7.06. The number of nitrogens with zero attached hydrogens (tertiary/aromatic N) is 1. The van der Waals surface area contributed by atoms with Crippen LogP contribution in [0.2, 0.25) is 0 Å². The van der Waals surface area contributed by atoms with Crippen LogP contribution in [0.3, 0.4) is 0 Å². The van der Waals surface area contributed by atoms with Gasteiger partial charge < -0.3 is 20.5 Å². The van der Waals surface area contributed by atoms with E-state index in [0.717, 1.165) is 42.6 Å². The Bertz CT molecular complexity index is 731. The minimum Gasteiger partial charge on any atom is -0.491 e. The molecule has 0 heterocycles. The van der Waals surface area contributed by atoms with Gasteiger partial charge in [-0.15, -0.1) is 0 Å². The molecule has 0 aliphatic heterocycles. The number of rotatable bonds is 11. The molecule has 1 atom stereocenters. The molecule has 0 fully saturated rings. The molecule has 2 aromatic rings. The van der Waals surface area contributed by atoms with Crippen LogP contribution in [0.4, 0.5) is 0 Å². The van der Waals surface area contributed by atoms with Gasteiger partial charge in [0.15, 0.2) is 0 Å². The zero-order chi connectivity index (χ0) is 19.6. The Hall–Kier alpha value is -2.37. The number of ether oxygens (including phenoxy) is 1. The van der Waals surface area contributed by atoms with Crippen LogP contribution in [0, 0.1) is 0 Å². The van der Waals surface area contributed by atoms with Crippen LogP contribution in [0.5, 0.6) is 5.75 Å². The summed E-state index contributed by atoms with van der Waals surface area (Å²) >= 11 is 0. The van der Waals surface area contributed by atoms with Crippen LogP contribution in [0.15, 0.2) is 48.5 Å². The van der Waals surface area contributed by atoms with Gasteiger partial charge in [0.25, 0.3) is 0 Å². The Morgan fingerprint density at radius 3 is 2.30 bits per heavy atom. The Kier molecular flexibility index (Phi) is 8.30. The van der Waals surface area contributed by atoms with Crippen LogP contribution in [0.25, 0.3) is 0 Å². The fourth-order valence-corrected chi connectivity index (χ4v) is 3.12. The number of primary amides is 1. The van der Waals surface area contributed by atoms with Crippen LogP contribution >= 0.6 is 0 Å². The van der Waals surface area contributed by atoms with Gasteiger partial charge in [0.1, 0.15) is 18.5 Å². The molecule has 5 nitrogen and oxygen atoms in total. The van der Waals surface area contributed by atoms with Crippen LogP contribution < -0.4 is 10.5 Å². The summed E-state index contributed by atoms with van der Waals surface area (Å²) in [7, 11) is 3.85. The average Bonchev–Trinajstić information content (AvgIpc) is 2.64. The maximum atomic E-state index is 11.5. The number of nitrogens with two attached hydrogens (primary N) is 1. The van der Waals surface area contributed by atoms with E-state index in [4.69, 9.17) is 10.5 Å². The fraction of sp³-hybridized carbons (Fsp3) is 0.409. The van der Waals surface area contributed by atoms with Crippen molar-refractivity contribution in [2.75, 3.05) is 27.2 Å². The number of amides is 1. The number of aliphatic hydroxyl groups is 1. The minimum atomic E-state index is -0.515. The van der Waals surface area contributed by atoms with Crippen molar-refractivity contribution in [2.45, 2.75) is 31.8 Å². The monoisotopic (exact) mass is 370 g/mol. The molecule has 1 unspecified atom stereocenters. The Morgan fingerprint density at radius 2 is 1.63 bits per heavy atom. The van der Waals surface area contributed by atoms with Crippen molar-refractivity contribution in [2.24, 2.45) is 5.73 Å². The molecule has 27 heavy (non-hydrogen) atoms. The van der Waals surface area contributed by atoms with E-state index in [1.165, 1.54) is 0 Å². The molecule has 146 valence electrons. The molecule has 2 rings (SSSR count). The molecule has 2 aromatic carbocycles. The third-order valence-electron chi connectivity index (χ3n) is 4.40. The quantitative estimate of drug-likeness (QED) is 0.596. The van der Waals surface area contributed by atoms with Crippen LogP contribution in [-0.2, 0) is 12.8 Å². The summed E-state index contributed by atoms with van der Waals surface area (Å²) in [6.07, 6.45) is 3.14. The summed E-state index contributed by atoms with van der Waals surface area (Å²) in [4.78, 5) is 13.4. The highest BCUT2D eigenvalue weighted by atomic mass is 16.5. The number of unbranched alkanes of at least 4 members (excludes halogenated alkanes) is 1. The Labute approximate surface area is 161 Å². The second kappa shape index (κ2) is 10.7. The summed E-state index contributed by atoms with van der Waals surface area (Å²) in [5.74, 6) is 0.452. The Balaban J connectivity index is 1.85. The molecule has 0 aromatic heterocycles. The summed E-state index contributed by atoms with van der Waals surface area (Å²) < 4.78 is 5.83. The van der Waals surface area contributed by atoms with E-state index in [2.05, 4.69) is 6.07 Å². The zero-order valence-corrected chi connectivity index (χ0v) is 16.2. The fourth-order valence-electron chi connectivity index (χ4n) is 3.12. The van der Waals surface area contributed by atoms with E-state index >= 15 is 0 Å². The van der Waals surface area contributed by atoms with Gasteiger partial charge >= 0.3 is 0 Å². The van der Waals surface area contributed by atoms with Crippen molar-refractivity contribution in [3.05, 3.63) is 65.2 Å². The van der Waals surface area contributed by atoms with Crippen molar-refractivity contribution in [1.82, 2.24) is 4.90 Å². The molecular weight excluding hydrogens is 340 g/mol. The molecular formula is C22H30N2O3. The van der Waals surface area contributed by atoms with Crippen molar-refractivity contribution >= 4 is 5.91 Å². The van der Waals surface area contributed by atoms with E-state index in [-0.39, 0.29) is 12.5 Å². The molecule has 0 spiro atoms. The lowest BCUT2D eigenvalue weighted by atomic mass is 9.99. The minimum absolute atomic E-state index is 0.279. The topological polar surface area (TPSA) is 75.8 Å². The van der Waals surface area contributed by atoms with E-state index < -0.39 is 6.10 Å². The lowest BCUT2D eigenvalue weighted by molar-refractivity contribution is 0.0827. The van der Waals surface area contributed by atoms with Gasteiger partial charge in [0.05, 0.1) is 0 Å². The molecule has 0 aliphatic rings. The number of benzene rings is 2. The zero-order valence-electron chi connectivity index (χ0n) is 16.2. The van der Waals surface area contributed by atoms with Gasteiger partial charge in [-0.1, -0.05) is 36.4 Å². The van der Waals surface area contributed by atoms with Crippen molar-refractivity contribution in [3.63, 3.8) is 0 Å². The maximum Gasteiger partial charge on any atom is 0.248 e. The number of carbonyl (C=O) groups excluding carboxylic acids is 1. The largest absolute Gasteiger partial charge is 0.491 e. The first kappa shape index (κ1) is 20.9. The molecule has 5 heteroatoms. The van der Waals surface area contributed by atoms with Crippen LogP contribution in [0.1, 0.15) is 34.3 Å². The molecule has 0 saturated carbocycles. The lowest BCUT2D eigenvalue weighted by Crippen LogP contribution is -2.30. The maximum absolute atomic E-state index is 11.5. The predicted molar refractivity (Wildman–Crippen MR) is 108 cm³/mol. The first-order chi connectivity index (χ1) is 13.0. The highest BCUT2D eigenvalue weighted by molar-refractivity contribution is 5.94. The molecule has 0 radical (unpaired) electrons. The standard InChI is InChI=1S/C22H30N2O3/c1-24(2)15-19(25)16-27-21-14-8-6-12-18(21)11-4-3-9-17-10-5-7-13-20(17)22(23)26/h5-8,10,12-14,19,25H,3-4,9,11,15-16H2,1-2H3,(H2,23,26). The van der Waals surface area contributed by atoms with E-state index in [0.29, 0.717) is 12.1 Å². The van der Waals surface area contributed by atoms with Gasteiger partial charge in [-0.3, -0.25) is 4.79 Å². The van der Waals surface area contributed by atoms with Gasteiger partial charge in [0.2, 0.25) is 5.91 Å². The number of carbonyl (C=O) groups is 1. The summed E-state index contributed by atoms with van der Waals surface area (Å²) in [6.45, 7) is 0.850. The van der Waals surface area contributed by atoms with E-state index in [1.807, 2.05) is 55.4 Å².